The number of carbonyl (C=O) groups excluding carboxylic acids is 1. The van der Waals surface area contributed by atoms with Gasteiger partial charge in [0.05, 0.1) is 23.2 Å². The molecule has 0 unspecified atom stereocenters. The van der Waals surface area contributed by atoms with Crippen molar-refractivity contribution < 1.29 is 14.1 Å². The van der Waals surface area contributed by atoms with Gasteiger partial charge in [0, 0.05) is 12.1 Å². The molecule has 0 aliphatic rings. The van der Waals surface area contributed by atoms with Crippen LogP contribution in [0.3, 0.4) is 0 Å². The number of ether oxygens (including phenoxy) is 1. The molecular formula is C28H26Cl2N2O3. The van der Waals surface area contributed by atoms with E-state index in [2.05, 4.69) is 17.3 Å². The van der Waals surface area contributed by atoms with E-state index < -0.39 is 0 Å². The number of likely N-dealkylation sites (N-methyl/N-ethyl adjacent to an activating group) is 1. The van der Waals surface area contributed by atoms with Crippen LogP contribution in [0.5, 0.6) is 5.75 Å². The zero-order valence-electron chi connectivity index (χ0n) is 19.8. The number of hydrogen-bond acceptors (Lipinski definition) is 4. The first-order valence-corrected chi connectivity index (χ1v) is 12.1. The zero-order chi connectivity index (χ0) is 24.9. The predicted octanol–water partition coefficient (Wildman–Crippen LogP) is 7.41. The normalized spacial score (nSPS) is 11.8. The molecule has 1 heterocycles. The van der Waals surface area contributed by atoms with E-state index in [1.807, 2.05) is 54.3 Å². The third-order valence-electron chi connectivity index (χ3n) is 6.03. The van der Waals surface area contributed by atoms with Crippen LogP contribution in [0.4, 0.5) is 0 Å². The Hall–Kier alpha value is -3.28. The standard InChI is InChI=1S/C28H26Cl2N2O3/c1-4-32(24(17-19-9-6-5-7-10-19)20-13-15-21(34-3)16-14-20)28(33)25-18(2)35-31-27(25)26-22(29)11-8-12-23(26)30/h5-16,24H,4,17H2,1-3H3/t24-/m1/s1. The number of aromatic nitrogens is 1. The Morgan fingerprint density at radius 1 is 1.00 bits per heavy atom. The summed E-state index contributed by atoms with van der Waals surface area (Å²) in [5, 5.41) is 4.98. The van der Waals surface area contributed by atoms with E-state index in [4.69, 9.17) is 32.5 Å². The molecule has 0 spiro atoms. The first-order valence-electron chi connectivity index (χ1n) is 11.3. The van der Waals surface area contributed by atoms with Crippen LogP contribution in [0.2, 0.25) is 10.0 Å². The van der Waals surface area contributed by atoms with Gasteiger partial charge in [0.2, 0.25) is 0 Å². The third-order valence-corrected chi connectivity index (χ3v) is 6.66. The minimum atomic E-state index is -0.232. The monoisotopic (exact) mass is 508 g/mol. The Bertz CT molecular complexity index is 1280. The molecule has 4 aromatic rings. The molecule has 1 atom stereocenters. The van der Waals surface area contributed by atoms with Gasteiger partial charge in [-0.15, -0.1) is 0 Å². The Morgan fingerprint density at radius 3 is 2.26 bits per heavy atom. The predicted molar refractivity (Wildman–Crippen MR) is 139 cm³/mol. The van der Waals surface area contributed by atoms with E-state index in [0.717, 1.165) is 16.9 Å². The van der Waals surface area contributed by atoms with Gasteiger partial charge in [-0.05, 0) is 55.7 Å². The van der Waals surface area contributed by atoms with Gasteiger partial charge in [0.15, 0.2) is 0 Å². The van der Waals surface area contributed by atoms with Crippen molar-refractivity contribution in [2.75, 3.05) is 13.7 Å². The summed E-state index contributed by atoms with van der Waals surface area (Å²) < 4.78 is 10.8. The van der Waals surface area contributed by atoms with Crippen molar-refractivity contribution in [3.05, 3.63) is 105 Å². The van der Waals surface area contributed by atoms with Gasteiger partial charge in [0.1, 0.15) is 22.8 Å². The highest BCUT2D eigenvalue weighted by molar-refractivity contribution is 6.39. The lowest BCUT2D eigenvalue weighted by atomic mass is 9.95. The molecule has 0 saturated heterocycles. The average molecular weight is 509 g/mol. The fraction of sp³-hybridized carbons (Fsp3) is 0.214. The van der Waals surface area contributed by atoms with Crippen LogP contribution in [-0.4, -0.2) is 29.6 Å². The topological polar surface area (TPSA) is 55.6 Å². The van der Waals surface area contributed by atoms with Crippen LogP contribution < -0.4 is 4.74 Å². The molecule has 0 aliphatic carbocycles. The zero-order valence-corrected chi connectivity index (χ0v) is 21.3. The second-order valence-corrected chi connectivity index (χ2v) is 8.94. The molecule has 0 fully saturated rings. The van der Waals surface area contributed by atoms with Crippen molar-refractivity contribution >= 4 is 29.1 Å². The van der Waals surface area contributed by atoms with Gasteiger partial charge in [0.25, 0.3) is 5.91 Å². The van der Waals surface area contributed by atoms with Crippen LogP contribution in [-0.2, 0) is 6.42 Å². The van der Waals surface area contributed by atoms with E-state index in [0.29, 0.717) is 45.6 Å². The number of amides is 1. The molecule has 4 rings (SSSR count). The number of nitrogens with zero attached hydrogens (tertiary/aromatic N) is 2. The SMILES string of the molecule is CCN(C(=O)c1c(-c2c(Cl)cccc2Cl)noc1C)[C@H](Cc1ccccc1)c1ccc(OC)cc1. The summed E-state index contributed by atoms with van der Waals surface area (Å²) in [5.74, 6) is 0.966. The fourth-order valence-electron chi connectivity index (χ4n) is 4.24. The van der Waals surface area contributed by atoms with Crippen LogP contribution in [0.15, 0.2) is 77.3 Å². The summed E-state index contributed by atoms with van der Waals surface area (Å²) in [5.41, 5.74) is 3.30. The molecule has 7 heteroatoms. The van der Waals surface area contributed by atoms with Gasteiger partial charge < -0.3 is 14.2 Å². The minimum absolute atomic E-state index is 0.200. The van der Waals surface area contributed by atoms with E-state index in [-0.39, 0.29) is 11.9 Å². The van der Waals surface area contributed by atoms with Crippen LogP contribution in [0.25, 0.3) is 11.3 Å². The maximum absolute atomic E-state index is 14.1. The molecular weight excluding hydrogens is 483 g/mol. The third kappa shape index (κ3) is 5.21. The van der Waals surface area contributed by atoms with E-state index in [1.165, 1.54) is 0 Å². The van der Waals surface area contributed by atoms with E-state index >= 15 is 0 Å². The first kappa shape index (κ1) is 24.8. The van der Waals surface area contributed by atoms with Gasteiger partial charge in [-0.1, -0.05) is 76.9 Å². The number of rotatable bonds is 8. The smallest absolute Gasteiger partial charge is 0.260 e. The Kier molecular flexibility index (Phi) is 7.79. The molecule has 0 N–H and O–H groups in total. The second kappa shape index (κ2) is 11.0. The van der Waals surface area contributed by atoms with Crippen LogP contribution in [0.1, 0.15) is 40.2 Å². The van der Waals surface area contributed by atoms with Crippen molar-refractivity contribution in [1.82, 2.24) is 10.1 Å². The molecule has 0 radical (unpaired) electrons. The summed E-state index contributed by atoms with van der Waals surface area (Å²) in [6.45, 7) is 4.16. The lowest BCUT2D eigenvalue weighted by Crippen LogP contribution is -2.36. The molecule has 180 valence electrons. The van der Waals surface area contributed by atoms with Crippen molar-refractivity contribution in [3.63, 3.8) is 0 Å². The molecule has 0 bridgehead atoms. The van der Waals surface area contributed by atoms with Gasteiger partial charge in [-0.25, -0.2) is 0 Å². The van der Waals surface area contributed by atoms with E-state index in [1.54, 1.807) is 32.2 Å². The summed E-state index contributed by atoms with van der Waals surface area (Å²) in [4.78, 5) is 16.0. The van der Waals surface area contributed by atoms with Gasteiger partial charge in [-0.2, -0.15) is 0 Å². The molecule has 1 aromatic heterocycles. The van der Waals surface area contributed by atoms with Crippen LogP contribution >= 0.6 is 23.2 Å². The lowest BCUT2D eigenvalue weighted by Gasteiger charge is -2.32. The van der Waals surface area contributed by atoms with Crippen molar-refractivity contribution in [2.24, 2.45) is 0 Å². The molecule has 0 aliphatic heterocycles. The largest absolute Gasteiger partial charge is 0.497 e. The van der Waals surface area contributed by atoms with E-state index in [9.17, 15) is 4.79 Å². The van der Waals surface area contributed by atoms with Gasteiger partial charge in [-0.3, -0.25) is 4.79 Å². The Morgan fingerprint density at radius 2 is 1.66 bits per heavy atom. The Balaban J connectivity index is 1.79. The summed E-state index contributed by atoms with van der Waals surface area (Å²) >= 11 is 12.9. The van der Waals surface area contributed by atoms with Crippen molar-refractivity contribution in [3.8, 4) is 17.0 Å². The molecule has 0 saturated carbocycles. The summed E-state index contributed by atoms with van der Waals surface area (Å²) in [6.07, 6.45) is 0.638. The second-order valence-electron chi connectivity index (χ2n) is 8.13. The average Bonchev–Trinajstić information content (AvgIpc) is 3.25. The molecule has 3 aromatic carbocycles. The molecule has 1 amide bonds. The first-order chi connectivity index (χ1) is 16.9. The van der Waals surface area contributed by atoms with Crippen molar-refractivity contribution in [1.29, 1.82) is 0 Å². The number of carbonyl (C=O) groups is 1. The summed E-state index contributed by atoms with van der Waals surface area (Å²) in [7, 11) is 1.63. The maximum atomic E-state index is 14.1. The number of hydrogen-bond donors (Lipinski definition) is 0. The maximum Gasteiger partial charge on any atom is 0.260 e. The number of halogens is 2. The highest BCUT2D eigenvalue weighted by Crippen LogP contribution is 2.38. The quantitative estimate of drug-likeness (QED) is 0.248. The number of methoxy groups -OCH3 is 1. The number of aryl methyl sites for hydroxylation is 1. The van der Waals surface area contributed by atoms with Crippen molar-refractivity contribution in [2.45, 2.75) is 26.3 Å². The fourth-order valence-corrected chi connectivity index (χ4v) is 4.82. The lowest BCUT2D eigenvalue weighted by molar-refractivity contribution is 0.0685. The minimum Gasteiger partial charge on any atom is -0.497 e. The number of benzene rings is 3. The molecule has 5 nitrogen and oxygen atoms in total. The summed E-state index contributed by atoms with van der Waals surface area (Å²) in [6, 6.07) is 22.9. The highest BCUT2D eigenvalue weighted by Gasteiger charge is 2.32. The molecule has 35 heavy (non-hydrogen) atoms. The Labute approximate surface area is 215 Å². The van der Waals surface area contributed by atoms with Crippen LogP contribution in [0, 0.1) is 6.92 Å². The highest BCUT2D eigenvalue weighted by atomic mass is 35.5. The van der Waals surface area contributed by atoms with Gasteiger partial charge >= 0.3 is 0 Å².